The zero-order valence-electron chi connectivity index (χ0n) is 17.1. The van der Waals surface area contributed by atoms with Gasteiger partial charge in [-0.05, 0) is 35.9 Å². The number of anilines is 2. The highest BCUT2D eigenvalue weighted by molar-refractivity contribution is 6.33. The first-order valence-electron chi connectivity index (χ1n) is 10.4. The number of amides is 1. The SMILES string of the molecule is N#CCNC(=O)[C@@H]1CC(=O)CN1c1ccc(Cl)c(-c2ccc(N3CCNCC3)cc2)c1. The summed E-state index contributed by atoms with van der Waals surface area (Å²) in [5.74, 6) is -0.321. The van der Waals surface area contributed by atoms with Crippen molar-refractivity contribution in [3.8, 4) is 17.2 Å². The maximum atomic E-state index is 12.5. The van der Waals surface area contributed by atoms with E-state index in [4.69, 9.17) is 16.9 Å². The van der Waals surface area contributed by atoms with Gasteiger partial charge in [-0.3, -0.25) is 9.59 Å². The molecule has 160 valence electrons. The molecule has 0 spiro atoms. The fourth-order valence-electron chi connectivity index (χ4n) is 4.13. The van der Waals surface area contributed by atoms with Gasteiger partial charge in [-0.15, -0.1) is 0 Å². The molecule has 2 aliphatic rings. The Kier molecular flexibility index (Phi) is 6.40. The van der Waals surface area contributed by atoms with Gasteiger partial charge in [0, 0.05) is 54.6 Å². The number of rotatable bonds is 5. The van der Waals surface area contributed by atoms with Gasteiger partial charge in [0.05, 0.1) is 12.6 Å². The third kappa shape index (κ3) is 4.66. The van der Waals surface area contributed by atoms with E-state index in [0.717, 1.165) is 43.0 Å². The van der Waals surface area contributed by atoms with E-state index >= 15 is 0 Å². The zero-order valence-corrected chi connectivity index (χ0v) is 17.9. The number of halogens is 1. The quantitative estimate of drug-likeness (QED) is 0.697. The average molecular weight is 438 g/mol. The van der Waals surface area contributed by atoms with Crippen molar-refractivity contribution >= 4 is 34.7 Å². The summed E-state index contributed by atoms with van der Waals surface area (Å²) in [6.45, 7) is 4.00. The Hall–Kier alpha value is -3.08. The second-order valence-corrected chi connectivity index (χ2v) is 8.12. The molecule has 31 heavy (non-hydrogen) atoms. The molecule has 2 aliphatic heterocycles. The lowest BCUT2D eigenvalue weighted by Crippen LogP contribution is -2.43. The lowest BCUT2D eigenvalue weighted by molar-refractivity contribution is -0.123. The molecule has 0 aliphatic carbocycles. The van der Waals surface area contributed by atoms with Crippen LogP contribution in [0.2, 0.25) is 5.02 Å². The first-order valence-corrected chi connectivity index (χ1v) is 10.7. The minimum absolute atomic E-state index is 0.00557. The van der Waals surface area contributed by atoms with Crippen LogP contribution in [0.3, 0.4) is 0 Å². The molecule has 0 radical (unpaired) electrons. The molecule has 2 heterocycles. The number of carbonyl (C=O) groups excluding carboxylic acids is 2. The van der Waals surface area contributed by atoms with Crippen molar-refractivity contribution < 1.29 is 9.59 Å². The van der Waals surface area contributed by atoms with Gasteiger partial charge in [-0.2, -0.15) is 5.26 Å². The number of nitrogens with zero attached hydrogens (tertiary/aromatic N) is 3. The largest absolute Gasteiger partial charge is 0.369 e. The maximum absolute atomic E-state index is 12.5. The summed E-state index contributed by atoms with van der Waals surface area (Å²) in [5.41, 5.74) is 3.76. The Labute approximate surface area is 186 Å². The molecule has 2 N–H and O–H groups in total. The summed E-state index contributed by atoms with van der Waals surface area (Å²) in [5, 5.41) is 15.2. The third-order valence-corrected chi connectivity index (χ3v) is 6.06. The molecule has 2 saturated heterocycles. The van der Waals surface area contributed by atoms with Gasteiger partial charge < -0.3 is 20.4 Å². The first-order chi connectivity index (χ1) is 15.1. The van der Waals surface area contributed by atoms with Crippen LogP contribution in [0.15, 0.2) is 42.5 Å². The summed E-state index contributed by atoms with van der Waals surface area (Å²) in [7, 11) is 0. The van der Waals surface area contributed by atoms with Crippen molar-refractivity contribution in [2.75, 3.05) is 49.1 Å². The molecular formula is C23H24ClN5O2. The Morgan fingerprint density at radius 2 is 1.87 bits per heavy atom. The molecule has 4 rings (SSSR count). The fourth-order valence-corrected chi connectivity index (χ4v) is 4.36. The number of benzene rings is 2. The van der Waals surface area contributed by atoms with Gasteiger partial charge in [0.2, 0.25) is 5.91 Å². The molecule has 0 saturated carbocycles. The Morgan fingerprint density at radius 3 is 2.58 bits per heavy atom. The second-order valence-electron chi connectivity index (χ2n) is 7.71. The number of hydrogen-bond acceptors (Lipinski definition) is 6. The van der Waals surface area contributed by atoms with Gasteiger partial charge in [-0.1, -0.05) is 23.7 Å². The lowest BCUT2D eigenvalue weighted by Gasteiger charge is -2.29. The van der Waals surface area contributed by atoms with Gasteiger partial charge in [0.15, 0.2) is 5.78 Å². The standard InChI is InChI=1S/C23H24ClN5O2/c24-21-6-5-18(29-15-19(30)14-22(29)23(31)27-8-7-25)13-20(21)16-1-3-17(4-2-16)28-11-9-26-10-12-28/h1-6,13,22,26H,8-12,14-15H2,(H,27,31)/t22-/m0/s1. The Morgan fingerprint density at radius 1 is 1.16 bits per heavy atom. The van der Waals surface area contributed by atoms with Crippen LogP contribution in [0.25, 0.3) is 11.1 Å². The van der Waals surface area contributed by atoms with Crippen LogP contribution in [0.4, 0.5) is 11.4 Å². The number of nitrogens with one attached hydrogen (secondary N) is 2. The summed E-state index contributed by atoms with van der Waals surface area (Å²) in [6.07, 6.45) is 0.134. The molecule has 8 heteroatoms. The number of ketones is 1. The van der Waals surface area contributed by atoms with Crippen LogP contribution in [0.1, 0.15) is 6.42 Å². The molecule has 2 aromatic rings. The van der Waals surface area contributed by atoms with E-state index in [1.165, 1.54) is 5.69 Å². The van der Waals surface area contributed by atoms with E-state index in [1.54, 1.807) is 11.0 Å². The smallest absolute Gasteiger partial charge is 0.244 e. The van der Waals surface area contributed by atoms with Crippen molar-refractivity contribution in [3.63, 3.8) is 0 Å². The number of nitriles is 1. The summed E-state index contributed by atoms with van der Waals surface area (Å²) < 4.78 is 0. The van der Waals surface area contributed by atoms with Gasteiger partial charge in [-0.25, -0.2) is 0 Å². The van der Waals surface area contributed by atoms with Crippen LogP contribution >= 0.6 is 11.6 Å². The van der Waals surface area contributed by atoms with Gasteiger partial charge >= 0.3 is 0 Å². The van der Waals surface area contributed by atoms with E-state index in [0.29, 0.717) is 5.02 Å². The predicted octanol–water partition coefficient (Wildman–Crippen LogP) is 2.20. The van der Waals surface area contributed by atoms with Crippen LogP contribution in [-0.2, 0) is 9.59 Å². The lowest BCUT2D eigenvalue weighted by atomic mass is 10.0. The Bertz CT molecular complexity index is 1010. The highest BCUT2D eigenvalue weighted by Crippen LogP contribution is 2.35. The topological polar surface area (TPSA) is 88.5 Å². The van der Waals surface area contributed by atoms with Crippen molar-refractivity contribution in [3.05, 3.63) is 47.5 Å². The van der Waals surface area contributed by atoms with Crippen molar-refractivity contribution in [2.45, 2.75) is 12.5 Å². The number of carbonyl (C=O) groups is 2. The molecule has 7 nitrogen and oxygen atoms in total. The fraction of sp³-hybridized carbons (Fsp3) is 0.348. The van der Waals surface area contributed by atoms with E-state index in [9.17, 15) is 9.59 Å². The number of Topliss-reactive ketones (excluding diaryl/α,β-unsaturated/α-hetero) is 1. The van der Waals surface area contributed by atoms with Crippen molar-refractivity contribution in [1.82, 2.24) is 10.6 Å². The van der Waals surface area contributed by atoms with Crippen LogP contribution in [0.5, 0.6) is 0 Å². The van der Waals surface area contributed by atoms with Crippen LogP contribution < -0.4 is 20.4 Å². The molecule has 0 bridgehead atoms. The molecule has 0 unspecified atom stereocenters. The van der Waals surface area contributed by atoms with Crippen molar-refractivity contribution in [1.29, 1.82) is 5.26 Å². The molecule has 1 amide bonds. The van der Waals surface area contributed by atoms with E-state index < -0.39 is 6.04 Å². The first kappa shape index (κ1) is 21.2. The van der Waals surface area contributed by atoms with Crippen LogP contribution in [-0.4, -0.2) is 57.0 Å². The molecule has 2 fully saturated rings. The molecule has 1 atom stereocenters. The second kappa shape index (κ2) is 9.38. The summed E-state index contributed by atoms with van der Waals surface area (Å²) in [4.78, 5) is 28.7. The van der Waals surface area contributed by atoms with Gasteiger partial charge in [0.25, 0.3) is 0 Å². The zero-order chi connectivity index (χ0) is 21.8. The monoisotopic (exact) mass is 437 g/mol. The van der Waals surface area contributed by atoms with Gasteiger partial charge in [0.1, 0.15) is 12.6 Å². The predicted molar refractivity (Wildman–Crippen MR) is 121 cm³/mol. The molecule has 0 aromatic heterocycles. The third-order valence-electron chi connectivity index (χ3n) is 5.73. The van der Waals surface area contributed by atoms with E-state index in [-0.39, 0.29) is 31.2 Å². The van der Waals surface area contributed by atoms with Crippen LogP contribution in [0, 0.1) is 11.3 Å². The maximum Gasteiger partial charge on any atom is 0.244 e. The van der Waals surface area contributed by atoms with E-state index in [1.807, 2.05) is 18.2 Å². The minimum atomic E-state index is -0.620. The highest BCUT2D eigenvalue weighted by Gasteiger charge is 2.36. The normalized spacial score (nSPS) is 18.7. The number of hydrogen-bond donors (Lipinski definition) is 2. The van der Waals surface area contributed by atoms with Crippen molar-refractivity contribution in [2.24, 2.45) is 0 Å². The molecule has 2 aromatic carbocycles. The average Bonchev–Trinajstić information content (AvgIpc) is 3.20. The highest BCUT2D eigenvalue weighted by atomic mass is 35.5. The summed E-state index contributed by atoms with van der Waals surface area (Å²) >= 11 is 6.50. The summed E-state index contributed by atoms with van der Waals surface area (Å²) in [6, 6.07) is 15.1. The molecular weight excluding hydrogens is 414 g/mol. The number of piperazine rings is 1. The minimum Gasteiger partial charge on any atom is -0.369 e. The Balaban J connectivity index is 1.58. The van der Waals surface area contributed by atoms with E-state index in [2.05, 4.69) is 39.8 Å².